The molecule has 0 aliphatic heterocycles. The smallest absolute Gasteiger partial charge is 0.233 e. The third-order valence-electron chi connectivity index (χ3n) is 1.97. The van der Waals surface area contributed by atoms with Crippen molar-refractivity contribution in [2.24, 2.45) is 0 Å². The molecule has 0 bridgehead atoms. The summed E-state index contributed by atoms with van der Waals surface area (Å²) in [4.78, 5) is 0.710. The van der Waals surface area contributed by atoms with E-state index < -0.39 is 10.8 Å². The average Bonchev–Trinajstić information content (AvgIpc) is 2.39. The second-order valence-electron chi connectivity index (χ2n) is 3.00. The summed E-state index contributed by atoms with van der Waals surface area (Å²) in [6.07, 6.45) is 0. The summed E-state index contributed by atoms with van der Waals surface area (Å²) in [5.74, 6) is 0.411. The van der Waals surface area contributed by atoms with E-state index in [-0.39, 0.29) is 0 Å². The number of methoxy groups -OCH3 is 1. The van der Waals surface area contributed by atoms with Crippen LogP contribution in [0.3, 0.4) is 0 Å². The lowest BCUT2D eigenvalue weighted by Gasteiger charge is -2.01. The molecule has 0 N–H and O–H groups in total. The van der Waals surface area contributed by atoms with E-state index in [4.69, 9.17) is 4.74 Å². The largest absolute Gasteiger partial charge is 0.480 e. The summed E-state index contributed by atoms with van der Waals surface area (Å²) < 4.78 is 16.9. The van der Waals surface area contributed by atoms with Gasteiger partial charge in [-0.2, -0.15) is 0 Å². The zero-order chi connectivity index (χ0) is 11.4. The minimum Gasteiger partial charge on any atom is -0.480 e. The van der Waals surface area contributed by atoms with Crippen LogP contribution >= 0.6 is 0 Å². The quantitative estimate of drug-likeness (QED) is 0.810. The maximum Gasteiger partial charge on any atom is 0.233 e. The third kappa shape index (κ3) is 2.25. The topological polar surface area (TPSA) is 52.1 Å². The molecule has 0 radical (unpaired) electrons. The number of hydrogen-bond donors (Lipinski definition) is 0. The van der Waals surface area contributed by atoms with E-state index >= 15 is 0 Å². The van der Waals surface area contributed by atoms with Crippen LogP contribution < -0.4 is 4.74 Å². The molecule has 1 unspecified atom stereocenters. The molecule has 1 aromatic heterocycles. The lowest BCUT2D eigenvalue weighted by atomic mass is 10.4. The Morgan fingerprint density at radius 3 is 2.38 bits per heavy atom. The van der Waals surface area contributed by atoms with Crippen LogP contribution in [0.25, 0.3) is 0 Å². The van der Waals surface area contributed by atoms with Gasteiger partial charge in [0, 0.05) is 11.0 Å². The van der Waals surface area contributed by atoms with Crippen LogP contribution in [0.4, 0.5) is 0 Å². The molecule has 0 fully saturated rings. The first kappa shape index (κ1) is 10.8. The Bertz CT molecular complexity index is 485. The van der Waals surface area contributed by atoms with Crippen molar-refractivity contribution in [2.75, 3.05) is 7.11 Å². The fraction of sp³-hybridized carbons (Fsp3) is 0.0909. The molecular formula is C11H10N2O2S. The molecule has 4 nitrogen and oxygen atoms in total. The standard InChI is InChI=1S/C11H10N2O2S/c1-15-10-7-8-11(13-12-10)16(14)9-5-3-2-4-6-9/h2-8H,1H3. The van der Waals surface area contributed by atoms with Crippen LogP contribution in [0.2, 0.25) is 0 Å². The monoisotopic (exact) mass is 234 g/mol. The van der Waals surface area contributed by atoms with Gasteiger partial charge >= 0.3 is 0 Å². The first-order valence-electron chi connectivity index (χ1n) is 4.66. The molecule has 0 saturated carbocycles. The maximum absolute atomic E-state index is 12.0. The normalized spacial score (nSPS) is 12.1. The van der Waals surface area contributed by atoms with E-state index in [9.17, 15) is 4.21 Å². The Morgan fingerprint density at radius 2 is 1.81 bits per heavy atom. The van der Waals surface area contributed by atoms with Gasteiger partial charge in [0.25, 0.3) is 0 Å². The highest BCUT2D eigenvalue weighted by Gasteiger charge is 2.08. The minimum atomic E-state index is -1.29. The number of hydrogen-bond acceptors (Lipinski definition) is 4. The van der Waals surface area contributed by atoms with Crippen LogP contribution in [0.15, 0.2) is 52.4 Å². The van der Waals surface area contributed by atoms with Crippen molar-refractivity contribution in [3.8, 4) is 5.88 Å². The summed E-state index contributed by atoms with van der Waals surface area (Å²) in [7, 11) is 0.226. The van der Waals surface area contributed by atoms with Crippen LogP contribution in [-0.2, 0) is 10.8 Å². The molecule has 2 aromatic rings. The molecule has 1 atom stereocenters. The summed E-state index contributed by atoms with van der Waals surface area (Å²) in [6, 6.07) is 12.4. The van der Waals surface area contributed by atoms with Gasteiger partial charge < -0.3 is 4.74 Å². The van der Waals surface area contributed by atoms with Crippen molar-refractivity contribution >= 4 is 10.8 Å². The Hall–Kier alpha value is -1.75. The van der Waals surface area contributed by atoms with Gasteiger partial charge in [0.2, 0.25) is 5.88 Å². The second kappa shape index (κ2) is 4.85. The molecule has 16 heavy (non-hydrogen) atoms. The van der Waals surface area contributed by atoms with Crippen LogP contribution in [0, 0.1) is 0 Å². The summed E-state index contributed by atoms with van der Waals surface area (Å²) in [5, 5.41) is 8.05. The second-order valence-corrected chi connectivity index (χ2v) is 4.42. The van der Waals surface area contributed by atoms with E-state index in [0.717, 1.165) is 0 Å². The Labute approximate surface area is 95.7 Å². The van der Waals surface area contributed by atoms with Crippen molar-refractivity contribution in [3.63, 3.8) is 0 Å². The fourth-order valence-corrected chi connectivity index (χ4v) is 2.13. The summed E-state index contributed by atoms with van der Waals surface area (Å²) >= 11 is 0. The predicted octanol–water partition coefficient (Wildman–Crippen LogP) is 1.65. The first-order valence-corrected chi connectivity index (χ1v) is 5.81. The molecule has 2 rings (SSSR count). The zero-order valence-electron chi connectivity index (χ0n) is 8.66. The first-order chi connectivity index (χ1) is 7.81. The molecule has 82 valence electrons. The van der Waals surface area contributed by atoms with Crippen LogP contribution in [0.1, 0.15) is 0 Å². The summed E-state index contributed by atoms with van der Waals surface area (Å²) in [6.45, 7) is 0. The molecular weight excluding hydrogens is 224 g/mol. The highest BCUT2D eigenvalue weighted by atomic mass is 32.2. The lowest BCUT2D eigenvalue weighted by Crippen LogP contribution is -1.99. The number of nitrogens with zero attached hydrogens (tertiary/aromatic N) is 2. The van der Waals surface area contributed by atoms with E-state index in [2.05, 4.69) is 10.2 Å². The Balaban J connectivity index is 2.28. The van der Waals surface area contributed by atoms with Gasteiger partial charge in [0.1, 0.15) is 10.8 Å². The highest BCUT2D eigenvalue weighted by molar-refractivity contribution is 7.85. The molecule has 1 aromatic carbocycles. The van der Waals surface area contributed by atoms with Crippen molar-refractivity contribution in [1.29, 1.82) is 0 Å². The molecule has 0 aliphatic rings. The minimum absolute atomic E-state index is 0.411. The van der Waals surface area contributed by atoms with E-state index in [1.165, 1.54) is 7.11 Å². The maximum atomic E-state index is 12.0. The highest BCUT2D eigenvalue weighted by Crippen LogP contribution is 2.14. The number of benzene rings is 1. The third-order valence-corrected chi connectivity index (χ3v) is 3.27. The van der Waals surface area contributed by atoms with Gasteiger partial charge in [-0.05, 0) is 18.2 Å². The predicted molar refractivity (Wildman–Crippen MR) is 59.7 cm³/mol. The van der Waals surface area contributed by atoms with Gasteiger partial charge in [-0.25, -0.2) is 4.21 Å². The van der Waals surface area contributed by atoms with Crippen molar-refractivity contribution in [2.45, 2.75) is 9.92 Å². The lowest BCUT2D eigenvalue weighted by molar-refractivity contribution is 0.390. The van der Waals surface area contributed by atoms with Gasteiger partial charge in [0.15, 0.2) is 5.03 Å². The number of rotatable bonds is 3. The van der Waals surface area contributed by atoms with Crippen molar-refractivity contribution in [1.82, 2.24) is 10.2 Å². The molecule has 0 spiro atoms. The van der Waals surface area contributed by atoms with Gasteiger partial charge in [0.05, 0.1) is 7.11 Å². The summed E-state index contributed by atoms with van der Waals surface area (Å²) in [5.41, 5.74) is 0. The van der Waals surface area contributed by atoms with E-state index in [0.29, 0.717) is 15.8 Å². The molecule has 0 aliphatic carbocycles. The van der Waals surface area contributed by atoms with E-state index in [1.807, 2.05) is 18.2 Å². The average molecular weight is 234 g/mol. The molecule has 1 heterocycles. The van der Waals surface area contributed by atoms with Crippen LogP contribution in [0.5, 0.6) is 5.88 Å². The number of aromatic nitrogens is 2. The van der Waals surface area contributed by atoms with Crippen molar-refractivity contribution in [3.05, 3.63) is 42.5 Å². The Morgan fingerprint density at radius 1 is 1.06 bits per heavy atom. The van der Waals surface area contributed by atoms with Gasteiger partial charge in [-0.15, -0.1) is 10.2 Å². The van der Waals surface area contributed by atoms with E-state index in [1.54, 1.807) is 24.3 Å². The zero-order valence-corrected chi connectivity index (χ0v) is 9.48. The molecule has 0 saturated heterocycles. The number of ether oxygens (including phenoxy) is 1. The fourth-order valence-electron chi connectivity index (χ4n) is 1.18. The van der Waals surface area contributed by atoms with Crippen molar-refractivity contribution < 1.29 is 8.95 Å². The molecule has 0 amide bonds. The van der Waals surface area contributed by atoms with Gasteiger partial charge in [-0.1, -0.05) is 18.2 Å². The van der Waals surface area contributed by atoms with Gasteiger partial charge in [-0.3, -0.25) is 0 Å². The Kier molecular flexibility index (Phi) is 3.26. The van der Waals surface area contributed by atoms with Crippen LogP contribution in [-0.4, -0.2) is 21.5 Å². The molecule has 5 heteroatoms. The SMILES string of the molecule is COc1ccc(S(=O)c2ccccc2)nn1.